The lowest BCUT2D eigenvalue weighted by atomic mass is 10.1. The fourth-order valence-electron chi connectivity index (χ4n) is 4.21. The van der Waals surface area contributed by atoms with Gasteiger partial charge in [0.1, 0.15) is 23.1 Å². The van der Waals surface area contributed by atoms with Crippen LogP contribution in [0.15, 0.2) is 48.8 Å². The topological polar surface area (TPSA) is 57.3 Å². The minimum absolute atomic E-state index is 0.585. The number of piperazine rings is 1. The number of rotatable bonds is 4. The van der Waals surface area contributed by atoms with Crippen molar-refractivity contribution >= 4 is 33.4 Å². The van der Waals surface area contributed by atoms with Crippen LogP contribution < -0.4 is 14.5 Å². The number of nitrogens with one attached hydrogen (secondary N) is 1. The van der Waals surface area contributed by atoms with Crippen LogP contribution in [0.25, 0.3) is 21.9 Å². The highest BCUT2D eigenvalue weighted by Gasteiger charge is 2.31. The maximum absolute atomic E-state index is 13.1. The number of benzene rings is 2. The SMILES string of the molecule is CCOc1ccc2[nH]c3c(N4CCN(c5cccc(C(F)(F)F)c5)CC4)ncnc3c2c1. The molecule has 1 saturated heterocycles. The van der Waals surface area contributed by atoms with Crippen molar-refractivity contribution in [1.29, 1.82) is 0 Å². The first-order chi connectivity index (χ1) is 15.4. The van der Waals surface area contributed by atoms with Gasteiger partial charge in [0.2, 0.25) is 0 Å². The first-order valence-electron chi connectivity index (χ1n) is 10.5. The van der Waals surface area contributed by atoms with Gasteiger partial charge in [0, 0.05) is 42.8 Å². The average molecular weight is 441 g/mol. The summed E-state index contributed by atoms with van der Waals surface area (Å²) in [6, 6.07) is 11.4. The minimum atomic E-state index is -4.35. The van der Waals surface area contributed by atoms with Crippen LogP contribution in [0.2, 0.25) is 0 Å². The van der Waals surface area contributed by atoms with Gasteiger partial charge in [-0.1, -0.05) is 6.07 Å². The molecule has 0 unspecified atom stereocenters. The van der Waals surface area contributed by atoms with Crippen LogP contribution in [-0.4, -0.2) is 47.7 Å². The largest absolute Gasteiger partial charge is 0.494 e. The summed E-state index contributed by atoms with van der Waals surface area (Å²) in [5.74, 6) is 1.59. The van der Waals surface area contributed by atoms with Crippen LogP contribution in [0, 0.1) is 0 Å². The predicted molar refractivity (Wildman–Crippen MR) is 118 cm³/mol. The van der Waals surface area contributed by atoms with E-state index in [0.29, 0.717) is 38.5 Å². The van der Waals surface area contributed by atoms with Gasteiger partial charge in [-0.05, 0) is 43.3 Å². The van der Waals surface area contributed by atoms with Gasteiger partial charge in [0.15, 0.2) is 5.82 Å². The predicted octanol–water partition coefficient (Wildman–Crippen LogP) is 4.86. The number of anilines is 2. The molecule has 0 aliphatic carbocycles. The summed E-state index contributed by atoms with van der Waals surface area (Å²) in [5.41, 5.74) is 2.59. The highest BCUT2D eigenvalue weighted by atomic mass is 19.4. The van der Waals surface area contributed by atoms with Crippen molar-refractivity contribution in [3.05, 3.63) is 54.4 Å². The van der Waals surface area contributed by atoms with E-state index >= 15 is 0 Å². The number of alkyl halides is 3. The molecule has 1 aliphatic rings. The van der Waals surface area contributed by atoms with Crippen LogP contribution in [0.1, 0.15) is 12.5 Å². The molecular formula is C23H22F3N5O. The Kier molecular flexibility index (Phi) is 5.03. The summed E-state index contributed by atoms with van der Waals surface area (Å²) >= 11 is 0. The van der Waals surface area contributed by atoms with E-state index in [4.69, 9.17) is 4.74 Å². The zero-order chi connectivity index (χ0) is 22.3. The molecule has 0 atom stereocenters. The number of aromatic nitrogens is 3. The molecule has 32 heavy (non-hydrogen) atoms. The molecule has 166 valence electrons. The smallest absolute Gasteiger partial charge is 0.416 e. The summed E-state index contributed by atoms with van der Waals surface area (Å²) in [7, 11) is 0. The molecule has 4 aromatic rings. The molecule has 3 heterocycles. The molecule has 1 N–H and O–H groups in total. The third-order valence-corrected chi connectivity index (χ3v) is 5.76. The van der Waals surface area contributed by atoms with Crippen molar-refractivity contribution in [2.45, 2.75) is 13.1 Å². The Morgan fingerprint density at radius 2 is 1.78 bits per heavy atom. The Hall–Kier alpha value is -3.49. The van der Waals surface area contributed by atoms with Crippen LogP contribution in [0.5, 0.6) is 5.75 Å². The zero-order valence-electron chi connectivity index (χ0n) is 17.5. The van der Waals surface area contributed by atoms with Crippen molar-refractivity contribution in [3.8, 4) is 5.75 Å². The van der Waals surface area contributed by atoms with Crippen LogP contribution in [0.3, 0.4) is 0 Å². The Morgan fingerprint density at radius 1 is 1.00 bits per heavy atom. The van der Waals surface area contributed by atoms with Gasteiger partial charge in [0.05, 0.1) is 12.2 Å². The number of ether oxygens (including phenoxy) is 1. The lowest BCUT2D eigenvalue weighted by molar-refractivity contribution is -0.137. The number of nitrogens with zero attached hydrogens (tertiary/aromatic N) is 4. The van der Waals surface area contributed by atoms with Gasteiger partial charge in [-0.25, -0.2) is 9.97 Å². The second-order valence-corrected chi connectivity index (χ2v) is 7.71. The molecule has 5 rings (SSSR count). The van der Waals surface area contributed by atoms with E-state index in [9.17, 15) is 13.2 Å². The summed E-state index contributed by atoms with van der Waals surface area (Å²) < 4.78 is 44.8. The van der Waals surface area contributed by atoms with E-state index in [1.54, 1.807) is 12.4 Å². The Bertz CT molecular complexity index is 1260. The van der Waals surface area contributed by atoms with Crippen molar-refractivity contribution < 1.29 is 17.9 Å². The number of fused-ring (bicyclic) bond motifs is 3. The van der Waals surface area contributed by atoms with Crippen LogP contribution in [-0.2, 0) is 6.18 Å². The average Bonchev–Trinajstić information content (AvgIpc) is 3.17. The molecule has 0 radical (unpaired) electrons. The van der Waals surface area contributed by atoms with E-state index in [-0.39, 0.29) is 0 Å². The molecule has 0 amide bonds. The molecule has 0 saturated carbocycles. The van der Waals surface area contributed by atoms with Gasteiger partial charge in [-0.2, -0.15) is 13.2 Å². The second-order valence-electron chi connectivity index (χ2n) is 7.71. The van der Waals surface area contributed by atoms with Gasteiger partial charge < -0.3 is 19.5 Å². The van der Waals surface area contributed by atoms with Gasteiger partial charge >= 0.3 is 6.18 Å². The van der Waals surface area contributed by atoms with E-state index in [2.05, 4.69) is 19.9 Å². The Labute approximate surface area is 182 Å². The standard InChI is InChI=1S/C23H22F3N5O/c1-2-32-17-6-7-19-18(13-17)20-21(29-19)22(28-14-27-20)31-10-8-30(9-11-31)16-5-3-4-15(12-16)23(24,25)26/h3-7,12-14,29H,2,8-11H2,1H3. The molecule has 1 fully saturated rings. The highest BCUT2D eigenvalue weighted by Crippen LogP contribution is 2.34. The molecular weight excluding hydrogens is 419 g/mol. The van der Waals surface area contributed by atoms with E-state index in [1.807, 2.05) is 30.0 Å². The van der Waals surface area contributed by atoms with Crippen molar-refractivity contribution in [3.63, 3.8) is 0 Å². The van der Waals surface area contributed by atoms with Crippen LogP contribution >= 0.6 is 0 Å². The number of hydrogen-bond acceptors (Lipinski definition) is 5. The molecule has 9 heteroatoms. The number of aromatic amines is 1. The molecule has 0 spiro atoms. The quantitative estimate of drug-likeness (QED) is 0.491. The number of hydrogen-bond donors (Lipinski definition) is 1. The fourth-order valence-corrected chi connectivity index (χ4v) is 4.21. The van der Waals surface area contributed by atoms with E-state index in [1.165, 1.54) is 12.1 Å². The van der Waals surface area contributed by atoms with Crippen molar-refractivity contribution in [1.82, 2.24) is 15.0 Å². The first-order valence-corrected chi connectivity index (χ1v) is 10.5. The van der Waals surface area contributed by atoms with Crippen molar-refractivity contribution in [2.75, 3.05) is 42.6 Å². The maximum atomic E-state index is 13.1. The summed E-state index contributed by atoms with van der Waals surface area (Å²) in [6.45, 7) is 5.01. The lowest BCUT2D eigenvalue weighted by Crippen LogP contribution is -2.47. The summed E-state index contributed by atoms with van der Waals surface area (Å²) in [4.78, 5) is 16.5. The van der Waals surface area contributed by atoms with E-state index in [0.717, 1.165) is 39.6 Å². The summed E-state index contributed by atoms with van der Waals surface area (Å²) in [5, 5.41) is 0.970. The minimum Gasteiger partial charge on any atom is -0.494 e. The van der Waals surface area contributed by atoms with Gasteiger partial charge in [-0.15, -0.1) is 0 Å². The van der Waals surface area contributed by atoms with Crippen molar-refractivity contribution in [2.24, 2.45) is 0 Å². The maximum Gasteiger partial charge on any atom is 0.416 e. The molecule has 0 bridgehead atoms. The monoisotopic (exact) mass is 441 g/mol. The fraction of sp³-hybridized carbons (Fsp3) is 0.304. The number of halogens is 3. The highest BCUT2D eigenvalue weighted by molar-refractivity contribution is 6.08. The molecule has 2 aromatic carbocycles. The normalized spacial score (nSPS) is 15.0. The first kappa shape index (κ1) is 20.4. The number of H-pyrrole nitrogens is 1. The van der Waals surface area contributed by atoms with Gasteiger partial charge in [0.25, 0.3) is 0 Å². The Morgan fingerprint density at radius 3 is 2.53 bits per heavy atom. The molecule has 2 aromatic heterocycles. The third kappa shape index (κ3) is 3.68. The third-order valence-electron chi connectivity index (χ3n) is 5.76. The summed E-state index contributed by atoms with van der Waals surface area (Å²) in [6.07, 6.45) is -2.79. The van der Waals surface area contributed by atoms with E-state index < -0.39 is 11.7 Å². The lowest BCUT2D eigenvalue weighted by Gasteiger charge is -2.37. The Balaban J connectivity index is 1.40. The van der Waals surface area contributed by atoms with Gasteiger partial charge in [-0.3, -0.25) is 0 Å². The molecule has 6 nitrogen and oxygen atoms in total. The zero-order valence-corrected chi connectivity index (χ0v) is 17.5. The van der Waals surface area contributed by atoms with Crippen LogP contribution in [0.4, 0.5) is 24.7 Å². The molecule has 1 aliphatic heterocycles. The second kappa shape index (κ2) is 7.89.